The number of benzene rings is 1. The Balaban J connectivity index is -0.000000436. The number of aliphatic hydroxyl groups excluding tert-OH is 4. The van der Waals surface area contributed by atoms with Gasteiger partial charge in [-0.25, -0.2) is 0 Å². The molecule has 0 saturated heterocycles. The van der Waals surface area contributed by atoms with E-state index in [1.807, 2.05) is 0 Å². The van der Waals surface area contributed by atoms with Gasteiger partial charge in [-0.05, 0) is 11.1 Å². The molecule has 0 aromatic heterocycles. The summed E-state index contributed by atoms with van der Waals surface area (Å²) in [6.45, 7) is 0.446. The van der Waals surface area contributed by atoms with Gasteiger partial charge in [0.05, 0.1) is 39.6 Å². The molecule has 0 amide bonds. The topological polar surface area (TPSA) is 219 Å². The third-order valence-electron chi connectivity index (χ3n) is 2.23. The van der Waals surface area contributed by atoms with Crippen molar-refractivity contribution in [3.63, 3.8) is 0 Å². The van der Waals surface area contributed by atoms with Crippen molar-refractivity contribution in [1.29, 1.82) is 0 Å². The Kier molecular flexibility index (Phi) is 20.2. The number of carboxylic acid groups (broad SMARTS) is 2. The van der Waals surface area contributed by atoms with Crippen molar-refractivity contribution in [2.75, 3.05) is 39.6 Å². The predicted octanol–water partition coefficient (Wildman–Crippen LogP) is -4.91. The zero-order valence-electron chi connectivity index (χ0n) is 15.0. The third-order valence-corrected chi connectivity index (χ3v) is 3.19. The SMILES string of the molecule is O=C(O)c1c[c-]cc(C(=O)O)c1S(=O)(=O)O.OCCO.OCCOCCO.[Na+]. The second kappa shape index (κ2) is 17.9. The molecule has 0 radical (unpaired) electrons. The molecular formula is C14H21NaO12S. The van der Waals surface area contributed by atoms with E-state index >= 15 is 0 Å². The van der Waals surface area contributed by atoms with Gasteiger partial charge in [-0.2, -0.15) is 26.6 Å². The standard InChI is InChI=1S/C8H5O7S.C4H10O3.C2H6O2.Na/c9-7(10)4-2-1-3-5(8(11)12)6(4)16(13,14)15;5-1-3-7-4-2-6;3-1-2-4;/h2-3H,(H,9,10)(H,11,12)(H,13,14,15);5-6H,1-4H2;3-4H,1-2H2;/q-1;;;+1. The number of aliphatic hydroxyl groups is 4. The number of hydrogen-bond donors (Lipinski definition) is 7. The molecule has 0 unspecified atom stereocenters. The molecule has 1 aromatic carbocycles. The van der Waals surface area contributed by atoms with E-state index in [9.17, 15) is 18.0 Å². The molecule has 0 aliphatic rings. The number of aromatic carboxylic acids is 2. The molecule has 0 heterocycles. The smallest absolute Gasteiger partial charge is 0.487 e. The normalized spacial score (nSPS) is 9.75. The maximum absolute atomic E-state index is 10.9. The number of ether oxygens (including phenoxy) is 1. The maximum atomic E-state index is 10.9. The summed E-state index contributed by atoms with van der Waals surface area (Å²) in [6, 6.07) is 3.69. The van der Waals surface area contributed by atoms with Crippen LogP contribution in [0.3, 0.4) is 0 Å². The van der Waals surface area contributed by atoms with Crippen molar-refractivity contribution in [2.24, 2.45) is 0 Å². The second-order valence-electron chi connectivity index (χ2n) is 4.20. The van der Waals surface area contributed by atoms with Crippen LogP contribution in [0.25, 0.3) is 0 Å². The van der Waals surface area contributed by atoms with Gasteiger partial charge >= 0.3 is 29.6 Å². The molecule has 14 heteroatoms. The predicted molar refractivity (Wildman–Crippen MR) is 88.2 cm³/mol. The van der Waals surface area contributed by atoms with E-state index in [1.165, 1.54) is 0 Å². The molecule has 7 N–H and O–H groups in total. The molecule has 0 spiro atoms. The average molecular weight is 436 g/mol. The van der Waals surface area contributed by atoms with E-state index < -0.39 is 38.1 Å². The summed E-state index contributed by atoms with van der Waals surface area (Å²) in [6.07, 6.45) is 0. The fraction of sp³-hybridized carbons (Fsp3) is 0.429. The summed E-state index contributed by atoms with van der Waals surface area (Å²) in [7, 11) is -4.94. The van der Waals surface area contributed by atoms with Crippen molar-refractivity contribution >= 4 is 22.1 Å². The van der Waals surface area contributed by atoms with Gasteiger partial charge in [0, 0.05) is 4.90 Å². The summed E-state index contributed by atoms with van der Waals surface area (Å²) < 4.78 is 35.2. The number of rotatable bonds is 8. The van der Waals surface area contributed by atoms with E-state index in [4.69, 9.17) is 35.2 Å². The van der Waals surface area contributed by atoms with Crippen molar-refractivity contribution < 1.29 is 87.5 Å². The van der Waals surface area contributed by atoms with E-state index in [0.717, 1.165) is 12.1 Å². The number of carbonyl (C=O) groups is 2. The van der Waals surface area contributed by atoms with Crippen LogP contribution in [-0.2, 0) is 14.9 Å². The summed E-state index contributed by atoms with van der Waals surface area (Å²) in [5.74, 6) is -3.35. The van der Waals surface area contributed by atoms with E-state index in [2.05, 4.69) is 10.8 Å². The Bertz CT molecular complexity index is 639. The van der Waals surface area contributed by atoms with Crippen LogP contribution < -0.4 is 29.6 Å². The number of hydrogen-bond acceptors (Lipinski definition) is 9. The van der Waals surface area contributed by atoms with Gasteiger partial charge < -0.3 is 35.4 Å². The molecule has 1 rings (SSSR count). The van der Waals surface area contributed by atoms with Gasteiger partial charge in [0.25, 0.3) is 22.1 Å². The molecule has 0 aliphatic carbocycles. The van der Waals surface area contributed by atoms with Crippen molar-refractivity contribution in [3.8, 4) is 0 Å². The minimum atomic E-state index is -4.94. The molecule has 0 bridgehead atoms. The molecule has 1 aromatic rings. The van der Waals surface area contributed by atoms with Crippen LogP contribution in [0.15, 0.2) is 17.0 Å². The van der Waals surface area contributed by atoms with Crippen LogP contribution in [0.1, 0.15) is 20.7 Å². The first kappa shape index (κ1) is 31.6. The van der Waals surface area contributed by atoms with Gasteiger partial charge in [0.15, 0.2) is 0 Å². The number of carboxylic acids is 2. The summed E-state index contributed by atoms with van der Waals surface area (Å²) in [5, 5.41) is 48.7. The van der Waals surface area contributed by atoms with Gasteiger partial charge in [-0.1, -0.05) is 0 Å². The van der Waals surface area contributed by atoms with E-state index in [0.29, 0.717) is 13.2 Å². The first-order valence-corrected chi connectivity index (χ1v) is 8.51. The minimum absolute atomic E-state index is 0. The largest absolute Gasteiger partial charge is 1.00 e. The van der Waals surface area contributed by atoms with E-state index in [-0.39, 0.29) is 56.0 Å². The Hall–Kier alpha value is -1.13. The van der Waals surface area contributed by atoms with Crippen molar-refractivity contribution in [2.45, 2.75) is 4.90 Å². The summed E-state index contributed by atoms with van der Waals surface area (Å²) in [4.78, 5) is 20.2. The van der Waals surface area contributed by atoms with Crippen molar-refractivity contribution in [1.82, 2.24) is 0 Å². The maximum Gasteiger partial charge on any atom is 1.00 e. The Morgan fingerprint density at radius 1 is 0.857 bits per heavy atom. The molecule has 156 valence electrons. The monoisotopic (exact) mass is 436 g/mol. The van der Waals surface area contributed by atoms with Crippen LogP contribution in [0.5, 0.6) is 0 Å². The molecule has 0 aliphatic heterocycles. The Morgan fingerprint density at radius 3 is 1.43 bits per heavy atom. The third kappa shape index (κ3) is 14.0. The summed E-state index contributed by atoms with van der Waals surface area (Å²) in [5.41, 5.74) is -1.69. The molecular weight excluding hydrogens is 415 g/mol. The van der Waals surface area contributed by atoms with Gasteiger partial charge in [0.2, 0.25) is 0 Å². The van der Waals surface area contributed by atoms with Crippen LogP contribution in [0.2, 0.25) is 0 Å². The first-order valence-electron chi connectivity index (χ1n) is 7.07. The Morgan fingerprint density at radius 2 is 1.21 bits per heavy atom. The van der Waals surface area contributed by atoms with Crippen LogP contribution in [0, 0.1) is 6.07 Å². The molecule has 0 atom stereocenters. The fourth-order valence-electron chi connectivity index (χ4n) is 1.31. The molecule has 12 nitrogen and oxygen atoms in total. The zero-order chi connectivity index (χ0) is 21.5. The van der Waals surface area contributed by atoms with Crippen molar-refractivity contribution in [3.05, 3.63) is 29.3 Å². The second-order valence-corrected chi connectivity index (χ2v) is 5.56. The van der Waals surface area contributed by atoms with Gasteiger partial charge in [-0.15, -0.1) is 0 Å². The average Bonchev–Trinajstić information content (AvgIpc) is 2.61. The molecule has 0 saturated carbocycles. The quantitative estimate of drug-likeness (QED) is 0.0882. The molecule has 0 fully saturated rings. The minimum Gasteiger partial charge on any atom is -0.487 e. The van der Waals surface area contributed by atoms with E-state index in [1.54, 1.807) is 0 Å². The fourth-order valence-corrected chi connectivity index (χ4v) is 2.16. The van der Waals surface area contributed by atoms with Gasteiger partial charge in [0.1, 0.15) is 0 Å². The molecule has 28 heavy (non-hydrogen) atoms. The first-order chi connectivity index (χ1) is 12.6. The Labute approximate surface area is 183 Å². The zero-order valence-corrected chi connectivity index (χ0v) is 17.8. The summed E-state index contributed by atoms with van der Waals surface area (Å²) >= 11 is 0. The van der Waals surface area contributed by atoms with Crippen LogP contribution in [0.4, 0.5) is 0 Å². The van der Waals surface area contributed by atoms with Crippen LogP contribution >= 0.6 is 0 Å². The van der Waals surface area contributed by atoms with Gasteiger partial charge in [-0.3, -0.25) is 14.1 Å². The van der Waals surface area contributed by atoms with Crippen LogP contribution in [-0.4, -0.2) is 95.2 Å².